The molecule has 0 N–H and O–H groups in total. The molecule has 117 valence electrons. The second kappa shape index (κ2) is 6.53. The molecule has 0 fully saturated rings. The van der Waals surface area contributed by atoms with Gasteiger partial charge in [-0.2, -0.15) is 30.3 Å². The maximum atomic E-state index is 4.56. The van der Waals surface area contributed by atoms with Crippen molar-refractivity contribution in [3.63, 3.8) is 0 Å². The van der Waals surface area contributed by atoms with Crippen LogP contribution in [-0.4, -0.2) is 4.98 Å². The number of hydrogen-bond acceptors (Lipinski definition) is 3. The van der Waals surface area contributed by atoms with Crippen LogP contribution in [0.25, 0.3) is 0 Å². The van der Waals surface area contributed by atoms with Crippen molar-refractivity contribution in [2.24, 2.45) is 0 Å². The van der Waals surface area contributed by atoms with E-state index in [1.54, 1.807) is 0 Å². The van der Waals surface area contributed by atoms with Gasteiger partial charge in [0.05, 0.1) is 5.69 Å². The van der Waals surface area contributed by atoms with E-state index in [2.05, 4.69) is 64.8 Å². The molecule has 0 unspecified atom stereocenters. The van der Waals surface area contributed by atoms with Crippen LogP contribution in [0.2, 0.25) is 0 Å². The SMILES string of the molecule is Cc1ccccc1N1[CH-]N(c2[c-]cccc2)c2ncccc21.[Ir]. The Morgan fingerprint density at radius 2 is 1.70 bits per heavy atom. The zero-order valence-corrected chi connectivity index (χ0v) is 15.0. The van der Waals surface area contributed by atoms with Crippen molar-refractivity contribution in [1.82, 2.24) is 4.98 Å². The third-order valence-electron chi connectivity index (χ3n) is 3.81. The molecule has 0 bridgehead atoms. The number of aromatic nitrogens is 1. The molecule has 2 aromatic carbocycles. The van der Waals surface area contributed by atoms with Crippen LogP contribution < -0.4 is 9.80 Å². The number of aryl methyl sites for hydroxylation is 1. The van der Waals surface area contributed by atoms with Crippen LogP contribution in [0.1, 0.15) is 5.56 Å². The van der Waals surface area contributed by atoms with E-state index in [4.69, 9.17) is 0 Å². The number of anilines is 4. The van der Waals surface area contributed by atoms with Crippen LogP contribution >= 0.6 is 0 Å². The third kappa shape index (κ3) is 2.76. The summed E-state index contributed by atoms with van der Waals surface area (Å²) in [5.74, 6) is 0.924. The minimum Gasteiger partial charge on any atom is -0.478 e. The van der Waals surface area contributed by atoms with E-state index in [1.807, 2.05) is 36.5 Å². The molecule has 4 heteroatoms. The summed E-state index contributed by atoms with van der Waals surface area (Å²) in [6, 6.07) is 23.6. The first-order valence-electron chi connectivity index (χ1n) is 7.25. The third-order valence-corrected chi connectivity index (χ3v) is 3.81. The summed E-state index contributed by atoms with van der Waals surface area (Å²) < 4.78 is 0. The number of benzene rings is 2. The molecule has 2 heterocycles. The Bertz CT molecular complexity index is 804. The molecule has 0 spiro atoms. The Hall–Kier alpha value is -2.16. The molecule has 0 aliphatic carbocycles. The average molecular weight is 478 g/mol. The zero-order valence-electron chi connectivity index (χ0n) is 12.6. The standard InChI is InChI=1S/C19H15N3.Ir/c1-15-8-5-6-11-17(15)22-14-21(16-9-3-2-4-10-16)19-18(22)12-7-13-20-19;/h2-9,11-14H,1H3;/q-2;. The molecular formula is C19H15IrN3-2. The summed E-state index contributed by atoms with van der Waals surface area (Å²) in [7, 11) is 0. The monoisotopic (exact) mass is 478 g/mol. The van der Waals surface area contributed by atoms with E-state index in [9.17, 15) is 0 Å². The first-order chi connectivity index (χ1) is 10.8. The second-order valence-electron chi connectivity index (χ2n) is 5.24. The number of pyridine rings is 1. The average Bonchev–Trinajstić information content (AvgIpc) is 2.96. The molecule has 0 atom stereocenters. The van der Waals surface area contributed by atoms with Gasteiger partial charge in [-0.3, -0.25) is 0 Å². The number of nitrogens with zero attached hydrogens (tertiary/aromatic N) is 3. The summed E-state index contributed by atoms with van der Waals surface area (Å²) in [5, 5.41) is 0. The first kappa shape index (κ1) is 15.7. The summed E-state index contributed by atoms with van der Waals surface area (Å²) in [5.41, 5.74) is 4.45. The number of rotatable bonds is 2. The second-order valence-corrected chi connectivity index (χ2v) is 5.24. The first-order valence-corrected chi connectivity index (χ1v) is 7.25. The van der Waals surface area contributed by atoms with Crippen molar-refractivity contribution < 1.29 is 20.1 Å². The smallest absolute Gasteiger partial charge is 0.124 e. The Morgan fingerprint density at radius 3 is 2.48 bits per heavy atom. The van der Waals surface area contributed by atoms with Gasteiger partial charge in [0, 0.05) is 32.0 Å². The minimum absolute atomic E-state index is 0. The van der Waals surface area contributed by atoms with E-state index in [0.717, 1.165) is 22.9 Å². The molecule has 1 aromatic heterocycles. The molecule has 0 amide bonds. The van der Waals surface area contributed by atoms with Gasteiger partial charge in [-0.1, -0.05) is 18.2 Å². The van der Waals surface area contributed by atoms with E-state index < -0.39 is 0 Å². The number of fused-ring (bicyclic) bond motifs is 1. The van der Waals surface area contributed by atoms with Crippen molar-refractivity contribution in [3.8, 4) is 0 Å². The van der Waals surface area contributed by atoms with Gasteiger partial charge in [-0.15, -0.1) is 12.4 Å². The Kier molecular flexibility index (Phi) is 4.46. The largest absolute Gasteiger partial charge is 0.478 e. The van der Waals surface area contributed by atoms with Crippen LogP contribution in [0.4, 0.5) is 22.9 Å². The van der Waals surface area contributed by atoms with Gasteiger partial charge < -0.3 is 9.80 Å². The van der Waals surface area contributed by atoms with Crippen LogP contribution in [0.5, 0.6) is 0 Å². The summed E-state index contributed by atoms with van der Waals surface area (Å²) in [6.45, 7) is 4.20. The quantitative estimate of drug-likeness (QED) is 0.503. The maximum absolute atomic E-state index is 4.56. The molecule has 1 aliphatic rings. The van der Waals surface area contributed by atoms with Crippen LogP contribution in [0, 0.1) is 19.7 Å². The predicted octanol–water partition coefficient (Wildman–Crippen LogP) is 4.60. The Balaban J connectivity index is 0.00000156. The van der Waals surface area contributed by atoms with Crippen molar-refractivity contribution in [3.05, 3.63) is 85.2 Å². The van der Waals surface area contributed by atoms with Crippen molar-refractivity contribution in [1.29, 1.82) is 0 Å². The molecule has 3 nitrogen and oxygen atoms in total. The zero-order chi connectivity index (χ0) is 14.9. The Labute approximate surface area is 149 Å². The maximum Gasteiger partial charge on any atom is 0.124 e. The molecule has 4 rings (SSSR count). The fourth-order valence-corrected chi connectivity index (χ4v) is 2.73. The van der Waals surface area contributed by atoms with Crippen molar-refractivity contribution in [2.75, 3.05) is 9.80 Å². The van der Waals surface area contributed by atoms with E-state index in [1.165, 1.54) is 5.56 Å². The predicted molar refractivity (Wildman–Crippen MR) is 89.3 cm³/mol. The molecule has 23 heavy (non-hydrogen) atoms. The number of hydrogen-bond donors (Lipinski definition) is 0. The van der Waals surface area contributed by atoms with Crippen LogP contribution in [0.3, 0.4) is 0 Å². The van der Waals surface area contributed by atoms with Gasteiger partial charge in [-0.05, 0) is 30.7 Å². The summed E-state index contributed by atoms with van der Waals surface area (Å²) >= 11 is 0. The minimum atomic E-state index is 0. The molecule has 1 radical (unpaired) electrons. The van der Waals surface area contributed by atoms with E-state index >= 15 is 0 Å². The van der Waals surface area contributed by atoms with E-state index in [0.29, 0.717) is 0 Å². The fraction of sp³-hybridized carbons (Fsp3) is 0.0526. The van der Waals surface area contributed by atoms with Crippen molar-refractivity contribution >= 4 is 22.9 Å². The summed E-state index contributed by atoms with van der Waals surface area (Å²) in [6.07, 6.45) is 1.82. The van der Waals surface area contributed by atoms with Gasteiger partial charge in [0.1, 0.15) is 5.82 Å². The van der Waals surface area contributed by atoms with Crippen LogP contribution in [-0.2, 0) is 20.1 Å². The fourth-order valence-electron chi connectivity index (χ4n) is 2.73. The van der Waals surface area contributed by atoms with Gasteiger partial charge in [-0.25, -0.2) is 4.98 Å². The van der Waals surface area contributed by atoms with Gasteiger partial charge in [0.15, 0.2) is 0 Å². The van der Waals surface area contributed by atoms with Crippen molar-refractivity contribution in [2.45, 2.75) is 6.92 Å². The van der Waals surface area contributed by atoms with Crippen LogP contribution in [0.15, 0.2) is 66.9 Å². The molecule has 1 aliphatic heterocycles. The Morgan fingerprint density at radius 1 is 0.913 bits per heavy atom. The van der Waals surface area contributed by atoms with Gasteiger partial charge >= 0.3 is 0 Å². The molecular weight excluding hydrogens is 462 g/mol. The number of para-hydroxylation sites is 2. The molecule has 0 saturated heterocycles. The topological polar surface area (TPSA) is 19.4 Å². The normalized spacial score (nSPS) is 12.7. The molecule has 0 saturated carbocycles. The summed E-state index contributed by atoms with van der Waals surface area (Å²) in [4.78, 5) is 8.81. The van der Waals surface area contributed by atoms with Gasteiger partial charge in [0.2, 0.25) is 0 Å². The molecule has 3 aromatic rings. The van der Waals surface area contributed by atoms with Gasteiger partial charge in [0.25, 0.3) is 0 Å². The van der Waals surface area contributed by atoms with E-state index in [-0.39, 0.29) is 20.1 Å².